The van der Waals surface area contributed by atoms with Gasteiger partial charge in [0, 0.05) is 24.2 Å². The number of aromatic amines is 2. The number of carbonyl (C=O) groups is 4. The Balaban J connectivity index is 1.20. The zero-order valence-electron chi connectivity index (χ0n) is 30.4. The molecule has 4 atom stereocenters. The molecule has 5 rings (SSSR count). The lowest BCUT2D eigenvalue weighted by atomic mass is 10.0. The number of amides is 4. The van der Waals surface area contributed by atoms with E-state index in [2.05, 4.69) is 54.3 Å². The molecule has 14 nitrogen and oxygen atoms in total. The third kappa shape index (κ3) is 8.93. The first-order valence-electron chi connectivity index (χ1n) is 17.5. The number of ether oxygens (including phenoxy) is 2. The summed E-state index contributed by atoms with van der Waals surface area (Å²) in [5.74, 6) is 13.3. The largest absolute Gasteiger partial charge is 0.453 e. The summed E-state index contributed by atoms with van der Waals surface area (Å²) < 4.78 is 9.44. The number of nitrogens with zero attached hydrogens (tertiary/aromatic N) is 4. The topological polar surface area (TPSA) is 175 Å². The molecule has 2 saturated heterocycles. The molecule has 0 spiro atoms. The average molecular weight is 711 g/mol. The van der Waals surface area contributed by atoms with Crippen LogP contribution in [0.3, 0.4) is 0 Å². The first-order chi connectivity index (χ1) is 25.0. The monoisotopic (exact) mass is 710 g/mol. The lowest BCUT2D eigenvalue weighted by Crippen LogP contribution is -2.51. The summed E-state index contributed by atoms with van der Waals surface area (Å²) >= 11 is 0. The summed E-state index contributed by atoms with van der Waals surface area (Å²) in [5, 5.41) is 5.33. The second-order valence-electron chi connectivity index (χ2n) is 13.5. The van der Waals surface area contributed by atoms with E-state index in [1.807, 2.05) is 52.0 Å². The number of imidazole rings is 2. The van der Waals surface area contributed by atoms with Crippen molar-refractivity contribution in [1.82, 2.24) is 40.4 Å². The Hall–Kier alpha value is -5.76. The Kier molecular flexibility index (Phi) is 12.2. The summed E-state index contributed by atoms with van der Waals surface area (Å²) in [6.07, 6.45) is 5.22. The van der Waals surface area contributed by atoms with Crippen molar-refractivity contribution >= 4 is 24.0 Å². The van der Waals surface area contributed by atoms with Crippen LogP contribution in [0.2, 0.25) is 0 Å². The quantitative estimate of drug-likeness (QED) is 0.254. The highest BCUT2D eigenvalue weighted by Gasteiger charge is 2.38. The van der Waals surface area contributed by atoms with Gasteiger partial charge in [-0.2, -0.15) is 0 Å². The fourth-order valence-corrected chi connectivity index (χ4v) is 6.44. The Morgan fingerprint density at radius 1 is 0.692 bits per heavy atom. The summed E-state index contributed by atoms with van der Waals surface area (Å²) in [6, 6.07) is 5.68. The zero-order valence-corrected chi connectivity index (χ0v) is 30.4. The van der Waals surface area contributed by atoms with Gasteiger partial charge in [0.2, 0.25) is 11.8 Å². The minimum atomic E-state index is -0.700. The highest BCUT2D eigenvalue weighted by atomic mass is 16.5. The summed E-state index contributed by atoms with van der Waals surface area (Å²) in [5.41, 5.74) is 2.85. The Morgan fingerprint density at radius 2 is 1.08 bits per heavy atom. The van der Waals surface area contributed by atoms with Crippen molar-refractivity contribution in [2.24, 2.45) is 11.8 Å². The number of alkyl carbamates (subject to hydrolysis) is 2. The predicted octanol–water partition coefficient (Wildman–Crippen LogP) is 4.02. The minimum absolute atomic E-state index is 0.115. The zero-order chi connectivity index (χ0) is 37.4. The Bertz CT molecular complexity index is 1740. The van der Waals surface area contributed by atoms with E-state index in [9.17, 15) is 19.2 Å². The third-order valence-electron chi connectivity index (χ3n) is 9.24. The van der Waals surface area contributed by atoms with Crippen molar-refractivity contribution in [1.29, 1.82) is 0 Å². The number of benzene rings is 1. The van der Waals surface area contributed by atoms with Crippen molar-refractivity contribution in [3.63, 3.8) is 0 Å². The Labute approximate surface area is 303 Å². The maximum absolute atomic E-state index is 13.4. The minimum Gasteiger partial charge on any atom is -0.453 e. The van der Waals surface area contributed by atoms with E-state index in [0.29, 0.717) is 36.1 Å². The number of hydrogen-bond donors (Lipinski definition) is 4. The van der Waals surface area contributed by atoms with E-state index < -0.39 is 24.3 Å². The van der Waals surface area contributed by atoms with Crippen LogP contribution in [-0.2, 0) is 19.1 Å². The van der Waals surface area contributed by atoms with Crippen LogP contribution in [0.1, 0.15) is 99.6 Å². The van der Waals surface area contributed by atoms with Gasteiger partial charge in [0.1, 0.15) is 35.1 Å². The van der Waals surface area contributed by atoms with E-state index in [1.165, 1.54) is 14.2 Å². The van der Waals surface area contributed by atoms with Gasteiger partial charge in [-0.05, 0) is 73.6 Å². The smallest absolute Gasteiger partial charge is 0.407 e. The van der Waals surface area contributed by atoms with Crippen LogP contribution in [0.15, 0.2) is 36.7 Å². The number of aromatic nitrogens is 4. The van der Waals surface area contributed by atoms with Gasteiger partial charge in [0.05, 0.1) is 38.7 Å². The van der Waals surface area contributed by atoms with Crippen LogP contribution >= 0.6 is 0 Å². The molecule has 0 saturated carbocycles. The molecule has 52 heavy (non-hydrogen) atoms. The molecule has 0 aliphatic carbocycles. The number of rotatable bonds is 8. The summed E-state index contributed by atoms with van der Waals surface area (Å²) in [4.78, 5) is 69.6. The molecule has 0 bridgehead atoms. The molecule has 1 aromatic carbocycles. The van der Waals surface area contributed by atoms with E-state index in [-0.39, 0.29) is 35.7 Å². The summed E-state index contributed by atoms with van der Waals surface area (Å²) in [7, 11) is 2.55. The van der Waals surface area contributed by atoms with E-state index >= 15 is 0 Å². The van der Waals surface area contributed by atoms with Crippen molar-refractivity contribution < 1.29 is 28.7 Å². The molecule has 4 heterocycles. The molecule has 3 aromatic rings. The second kappa shape index (κ2) is 17.0. The van der Waals surface area contributed by atoms with Gasteiger partial charge in [-0.15, -0.1) is 0 Å². The maximum Gasteiger partial charge on any atom is 0.407 e. The molecular weight excluding hydrogens is 664 g/mol. The molecular formula is C38H46N8O6. The molecule has 4 amide bonds. The first-order valence-corrected chi connectivity index (χ1v) is 17.5. The fraction of sp³-hybridized carbons (Fsp3) is 0.474. The normalized spacial score (nSPS) is 17.8. The van der Waals surface area contributed by atoms with E-state index in [4.69, 9.17) is 9.47 Å². The van der Waals surface area contributed by atoms with Crippen LogP contribution in [0.5, 0.6) is 0 Å². The lowest BCUT2D eigenvalue weighted by molar-refractivity contribution is -0.136. The van der Waals surface area contributed by atoms with Crippen LogP contribution in [0.4, 0.5) is 9.59 Å². The first kappa shape index (κ1) is 37.5. The predicted molar refractivity (Wildman–Crippen MR) is 191 cm³/mol. The average Bonchev–Trinajstić information content (AvgIpc) is 3.97. The van der Waals surface area contributed by atoms with Gasteiger partial charge in [-0.1, -0.05) is 39.5 Å². The van der Waals surface area contributed by atoms with E-state index in [0.717, 1.165) is 36.8 Å². The number of nitrogens with one attached hydrogen (secondary N) is 4. The van der Waals surface area contributed by atoms with Crippen molar-refractivity contribution in [3.05, 3.63) is 70.8 Å². The van der Waals surface area contributed by atoms with Gasteiger partial charge < -0.3 is 39.9 Å². The molecule has 2 aliphatic heterocycles. The van der Waals surface area contributed by atoms with Crippen LogP contribution in [-0.4, -0.2) is 93.1 Å². The molecule has 4 N–H and O–H groups in total. The molecule has 2 fully saturated rings. The SMILES string of the molecule is COC(=O)NC(C(=O)N1CCC[C@H]1c1ncc(C#Cc2ccc(C#Cc3cnc([C@@H]4CCCN4C(=O)[C@@H](NC(=O)OC)C(C)C)[nH]3)cc2)[nH]1)C(C)C. The van der Waals surface area contributed by atoms with Gasteiger partial charge in [0.25, 0.3) is 0 Å². The molecule has 14 heteroatoms. The molecule has 2 aromatic heterocycles. The number of methoxy groups -OCH3 is 2. The van der Waals surface area contributed by atoms with Crippen LogP contribution in [0, 0.1) is 35.5 Å². The number of hydrogen-bond acceptors (Lipinski definition) is 8. The standard InChI is InChI=1S/C38H46N8O6/c1-23(2)31(43-37(49)51-5)35(47)45-19-7-9-29(45)33-39-21-27(41-33)17-15-25-11-13-26(14-12-25)16-18-28-22-40-34(42-28)30-10-8-20-46(30)36(48)32(24(3)4)44-38(50)52-6/h11-14,21-24,29-32H,7-10,19-20H2,1-6H3,(H,39,41)(H,40,42)(H,43,49)(H,44,50)/t29-,30-,31-,32?/m0/s1. The van der Waals surface area contributed by atoms with Gasteiger partial charge in [-0.3, -0.25) is 9.59 Å². The molecule has 274 valence electrons. The van der Waals surface area contributed by atoms with Crippen LogP contribution < -0.4 is 10.6 Å². The molecule has 2 aliphatic rings. The van der Waals surface area contributed by atoms with Crippen molar-refractivity contribution in [3.8, 4) is 23.7 Å². The summed E-state index contributed by atoms with van der Waals surface area (Å²) in [6.45, 7) is 8.68. The van der Waals surface area contributed by atoms with Crippen molar-refractivity contribution in [2.75, 3.05) is 27.3 Å². The number of carbonyl (C=O) groups excluding carboxylic acids is 4. The highest BCUT2D eigenvalue weighted by Crippen LogP contribution is 2.32. The fourth-order valence-electron chi connectivity index (χ4n) is 6.44. The van der Waals surface area contributed by atoms with E-state index in [1.54, 1.807) is 22.2 Å². The maximum atomic E-state index is 13.4. The van der Waals surface area contributed by atoms with Gasteiger partial charge in [0.15, 0.2) is 0 Å². The van der Waals surface area contributed by atoms with Crippen LogP contribution in [0.25, 0.3) is 0 Å². The third-order valence-corrected chi connectivity index (χ3v) is 9.24. The van der Waals surface area contributed by atoms with Gasteiger partial charge >= 0.3 is 12.2 Å². The Morgan fingerprint density at radius 3 is 1.42 bits per heavy atom. The number of likely N-dealkylation sites (tertiary alicyclic amines) is 2. The second-order valence-corrected chi connectivity index (χ2v) is 13.5. The number of H-pyrrole nitrogens is 2. The molecule has 0 radical (unpaired) electrons. The van der Waals surface area contributed by atoms with Gasteiger partial charge in [-0.25, -0.2) is 19.6 Å². The molecule has 1 unspecified atom stereocenters. The van der Waals surface area contributed by atoms with Crippen molar-refractivity contribution in [2.45, 2.75) is 77.5 Å². The lowest BCUT2D eigenvalue weighted by Gasteiger charge is -2.29. The highest BCUT2D eigenvalue weighted by molar-refractivity contribution is 5.87.